The summed E-state index contributed by atoms with van der Waals surface area (Å²) in [6.45, 7) is 5.60. The van der Waals surface area contributed by atoms with Crippen molar-refractivity contribution in [2.24, 2.45) is 17.3 Å². The van der Waals surface area contributed by atoms with Gasteiger partial charge in [0, 0.05) is 6.07 Å². The van der Waals surface area contributed by atoms with E-state index in [-0.39, 0.29) is 12.5 Å². The first-order valence-corrected chi connectivity index (χ1v) is 5.76. The molecule has 0 spiro atoms. The van der Waals surface area contributed by atoms with Crippen LogP contribution in [0.3, 0.4) is 0 Å². The number of nitrogens with one attached hydrogen (secondary N) is 1. The zero-order valence-corrected chi connectivity index (χ0v) is 10.6. The lowest BCUT2D eigenvalue weighted by Gasteiger charge is -2.03. The van der Waals surface area contributed by atoms with E-state index in [9.17, 15) is 9.59 Å². The Morgan fingerprint density at radius 3 is 2.61 bits per heavy atom. The van der Waals surface area contributed by atoms with Crippen LogP contribution in [0.1, 0.15) is 25.3 Å². The SMILES string of the molecule is Cc1cc(CNC(=O)C2C(C(=O)O)C2(C)C)no1. The van der Waals surface area contributed by atoms with Crippen LogP contribution in [0.15, 0.2) is 10.6 Å². The van der Waals surface area contributed by atoms with E-state index in [4.69, 9.17) is 9.63 Å². The van der Waals surface area contributed by atoms with E-state index < -0.39 is 23.2 Å². The molecule has 0 radical (unpaired) electrons. The van der Waals surface area contributed by atoms with E-state index in [2.05, 4.69) is 10.5 Å². The number of aryl methyl sites for hydroxylation is 1. The molecule has 2 unspecified atom stereocenters. The van der Waals surface area contributed by atoms with Crippen molar-refractivity contribution in [3.05, 3.63) is 17.5 Å². The lowest BCUT2D eigenvalue weighted by Crippen LogP contribution is -2.26. The minimum atomic E-state index is -0.919. The van der Waals surface area contributed by atoms with Crippen LogP contribution in [0.5, 0.6) is 0 Å². The van der Waals surface area contributed by atoms with Crippen molar-refractivity contribution in [3.63, 3.8) is 0 Å². The number of aliphatic carboxylic acids is 1. The number of carboxylic acids is 1. The maximum atomic E-state index is 11.9. The number of hydrogen-bond donors (Lipinski definition) is 2. The predicted octanol–water partition coefficient (Wildman–Crippen LogP) is 0.956. The van der Waals surface area contributed by atoms with Crippen molar-refractivity contribution < 1.29 is 19.2 Å². The second-order valence-corrected chi connectivity index (χ2v) is 5.26. The molecule has 18 heavy (non-hydrogen) atoms. The van der Waals surface area contributed by atoms with E-state index in [1.54, 1.807) is 26.8 Å². The van der Waals surface area contributed by atoms with Crippen LogP contribution >= 0.6 is 0 Å². The fraction of sp³-hybridized carbons (Fsp3) is 0.583. The van der Waals surface area contributed by atoms with Crippen LogP contribution in [0, 0.1) is 24.2 Å². The first-order valence-electron chi connectivity index (χ1n) is 5.76. The van der Waals surface area contributed by atoms with Gasteiger partial charge in [0.2, 0.25) is 5.91 Å². The monoisotopic (exact) mass is 252 g/mol. The number of hydrogen-bond acceptors (Lipinski definition) is 4. The molecule has 1 heterocycles. The Balaban J connectivity index is 1.92. The van der Waals surface area contributed by atoms with Gasteiger partial charge in [-0.3, -0.25) is 9.59 Å². The first-order chi connectivity index (χ1) is 8.34. The second kappa shape index (κ2) is 4.12. The summed E-state index contributed by atoms with van der Waals surface area (Å²) in [7, 11) is 0. The maximum absolute atomic E-state index is 11.9. The Hall–Kier alpha value is -1.85. The van der Waals surface area contributed by atoms with Crippen molar-refractivity contribution in [1.82, 2.24) is 10.5 Å². The molecule has 1 fully saturated rings. The number of amides is 1. The van der Waals surface area contributed by atoms with Crippen LogP contribution in [-0.2, 0) is 16.1 Å². The molecule has 0 aliphatic heterocycles. The zero-order chi connectivity index (χ0) is 13.5. The third-order valence-electron chi connectivity index (χ3n) is 3.50. The largest absolute Gasteiger partial charge is 0.481 e. The molecule has 1 aromatic heterocycles. The molecule has 0 aromatic carbocycles. The average molecular weight is 252 g/mol. The molecule has 1 saturated carbocycles. The van der Waals surface area contributed by atoms with Crippen LogP contribution < -0.4 is 5.32 Å². The minimum Gasteiger partial charge on any atom is -0.481 e. The van der Waals surface area contributed by atoms with Crippen molar-refractivity contribution >= 4 is 11.9 Å². The van der Waals surface area contributed by atoms with E-state index in [1.165, 1.54) is 0 Å². The van der Waals surface area contributed by atoms with Gasteiger partial charge in [-0.1, -0.05) is 19.0 Å². The highest BCUT2D eigenvalue weighted by molar-refractivity contribution is 5.91. The first kappa shape index (κ1) is 12.6. The van der Waals surface area contributed by atoms with Crippen molar-refractivity contribution in [3.8, 4) is 0 Å². The molecule has 1 aliphatic rings. The molecule has 1 amide bonds. The zero-order valence-electron chi connectivity index (χ0n) is 10.6. The molecular formula is C12H16N2O4. The fourth-order valence-corrected chi connectivity index (χ4v) is 2.38. The van der Waals surface area contributed by atoms with E-state index in [1.807, 2.05) is 0 Å². The summed E-state index contributed by atoms with van der Waals surface area (Å²) in [4.78, 5) is 22.8. The van der Waals surface area contributed by atoms with E-state index >= 15 is 0 Å². The quantitative estimate of drug-likeness (QED) is 0.832. The Labute approximate surface area is 104 Å². The number of carboxylic acid groups (broad SMARTS) is 1. The molecule has 98 valence electrons. The summed E-state index contributed by atoms with van der Waals surface area (Å²) in [5, 5.41) is 15.4. The van der Waals surface area contributed by atoms with Gasteiger partial charge in [-0.25, -0.2) is 0 Å². The normalized spacial score (nSPS) is 24.6. The lowest BCUT2D eigenvalue weighted by molar-refractivity contribution is -0.140. The number of nitrogens with zero attached hydrogens (tertiary/aromatic N) is 1. The molecule has 6 nitrogen and oxygen atoms in total. The maximum Gasteiger partial charge on any atom is 0.307 e. The van der Waals surface area contributed by atoms with Gasteiger partial charge < -0.3 is 14.9 Å². The molecule has 1 aliphatic carbocycles. The van der Waals surface area contributed by atoms with Crippen molar-refractivity contribution in [2.75, 3.05) is 0 Å². The smallest absolute Gasteiger partial charge is 0.307 e. The third-order valence-corrected chi connectivity index (χ3v) is 3.50. The lowest BCUT2D eigenvalue weighted by atomic mass is 10.1. The number of carbonyl (C=O) groups is 2. The molecule has 6 heteroatoms. The van der Waals surface area contributed by atoms with Gasteiger partial charge in [0.15, 0.2) is 0 Å². The Morgan fingerprint density at radius 2 is 2.17 bits per heavy atom. The summed E-state index contributed by atoms with van der Waals surface area (Å²) < 4.78 is 4.88. The molecule has 0 bridgehead atoms. The highest BCUT2D eigenvalue weighted by atomic mass is 16.5. The predicted molar refractivity (Wildman–Crippen MR) is 61.5 cm³/mol. The summed E-state index contributed by atoms with van der Waals surface area (Å²) in [6.07, 6.45) is 0. The standard InChI is InChI=1S/C12H16N2O4/c1-6-4-7(14-18-6)5-13-10(15)8-9(11(16)17)12(8,2)3/h4,8-9H,5H2,1-3H3,(H,13,15)(H,16,17). The van der Waals surface area contributed by atoms with Crippen LogP contribution in [0.25, 0.3) is 0 Å². The Kier molecular flexibility index (Phi) is 2.88. The highest BCUT2D eigenvalue weighted by Crippen LogP contribution is 2.58. The van der Waals surface area contributed by atoms with Gasteiger partial charge in [0.1, 0.15) is 11.5 Å². The summed E-state index contributed by atoms with van der Waals surface area (Å²) in [5.41, 5.74) is 0.154. The van der Waals surface area contributed by atoms with Gasteiger partial charge in [-0.2, -0.15) is 0 Å². The summed E-state index contributed by atoms with van der Waals surface area (Å²) >= 11 is 0. The van der Waals surface area contributed by atoms with Gasteiger partial charge >= 0.3 is 5.97 Å². The molecular weight excluding hydrogens is 236 g/mol. The Morgan fingerprint density at radius 1 is 1.50 bits per heavy atom. The molecule has 0 saturated heterocycles. The van der Waals surface area contributed by atoms with Gasteiger partial charge in [-0.15, -0.1) is 0 Å². The van der Waals surface area contributed by atoms with Gasteiger partial charge in [-0.05, 0) is 12.3 Å². The second-order valence-electron chi connectivity index (χ2n) is 5.26. The van der Waals surface area contributed by atoms with Crippen LogP contribution in [0.2, 0.25) is 0 Å². The average Bonchev–Trinajstić information content (AvgIpc) is 2.63. The van der Waals surface area contributed by atoms with Gasteiger partial charge in [0.25, 0.3) is 0 Å². The number of aromatic nitrogens is 1. The highest BCUT2D eigenvalue weighted by Gasteiger charge is 2.65. The fourth-order valence-electron chi connectivity index (χ4n) is 2.38. The summed E-state index contributed by atoms with van der Waals surface area (Å²) in [6, 6.07) is 1.73. The number of rotatable bonds is 4. The Bertz CT molecular complexity index is 492. The molecule has 1 aromatic rings. The summed E-state index contributed by atoms with van der Waals surface area (Å²) in [5.74, 6) is -1.56. The number of carbonyl (C=O) groups excluding carboxylic acids is 1. The van der Waals surface area contributed by atoms with Crippen molar-refractivity contribution in [1.29, 1.82) is 0 Å². The van der Waals surface area contributed by atoms with Gasteiger partial charge in [0.05, 0.1) is 18.4 Å². The minimum absolute atomic E-state index is 0.243. The van der Waals surface area contributed by atoms with Crippen LogP contribution in [0.4, 0.5) is 0 Å². The van der Waals surface area contributed by atoms with E-state index in [0.29, 0.717) is 11.5 Å². The molecule has 2 N–H and O–H groups in total. The molecule has 2 rings (SSSR count). The topological polar surface area (TPSA) is 92.4 Å². The molecule has 2 atom stereocenters. The van der Waals surface area contributed by atoms with E-state index in [0.717, 1.165) is 0 Å². The van der Waals surface area contributed by atoms with Crippen molar-refractivity contribution in [2.45, 2.75) is 27.3 Å². The third kappa shape index (κ3) is 2.10. The van der Waals surface area contributed by atoms with Crippen LogP contribution in [-0.4, -0.2) is 22.1 Å².